The van der Waals surface area contributed by atoms with Crippen LogP contribution < -0.4 is 5.32 Å². The van der Waals surface area contributed by atoms with Crippen LogP contribution in [0.4, 0.5) is 0 Å². The first kappa shape index (κ1) is 13.7. The third-order valence-corrected chi connectivity index (χ3v) is 2.46. The number of hydrogen-bond donors (Lipinski definition) is 1. The average Bonchev–Trinajstić information content (AvgIpc) is 2.62. The number of nitrogens with one attached hydrogen (secondary N) is 1. The number of rotatable bonds is 4. The Morgan fingerprint density at radius 2 is 2.24 bits per heavy atom. The summed E-state index contributed by atoms with van der Waals surface area (Å²) >= 11 is 0. The van der Waals surface area contributed by atoms with Gasteiger partial charge in [0.25, 0.3) is 0 Å². The van der Waals surface area contributed by atoms with Crippen molar-refractivity contribution in [2.24, 2.45) is 5.41 Å². The topological polar surface area (TPSA) is 64.4 Å². The maximum absolute atomic E-state index is 11.7. The molecule has 0 amide bonds. The molecule has 0 aromatic carbocycles. The molecule has 0 aliphatic rings. The first-order valence-electron chi connectivity index (χ1n) is 5.58. The number of carbonyl (C=O) groups excluding carboxylic acids is 1. The summed E-state index contributed by atoms with van der Waals surface area (Å²) in [6, 6.07) is 1.46. The van der Waals surface area contributed by atoms with E-state index in [4.69, 9.17) is 9.26 Å². The Morgan fingerprint density at radius 1 is 1.59 bits per heavy atom. The second-order valence-electron chi connectivity index (χ2n) is 5.14. The second kappa shape index (κ2) is 5.31. The van der Waals surface area contributed by atoms with Crippen molar-refractivity contribution < 1.29 is 14.1 Å². The Hall–Kier alpha value is -1.36. The molecule has 1 N–H and O–H groups in total. The zero-order valence-corrected chi connectivity index (χ0v) is 11.0. The van der Waals surface area contributed by atoms with Crippen LogP contribution >= 0.6 is 0 Å². The van der Waals surface area contributed by atoms with Gasteiger partial charge in [0.2, 0.25) is 0 Å². The quantitative estimate of drug-likeness (QED) is 0.811. The Morgan fingerprint density at radius 3 is 2.65 bits per heavy atom. The minimum absolute atomic E-state index is 0.220. The van der Waals surface area contributed by atoms with Crippen LogP contribution in [0.15, 0.2) is 10.6 Å². The van der Waals surface area contributed by atoms with E-state index in [0.29, 0.717) is 12.3 Å². The van der Waals surface area contributed by atoms with Gasteiger partial charge in [0, 0.05) is 6.07 Å². The van der Waals surface area contributed by atoms with Crippen LogP contribution in [0.1, 0.15) is 32.2 Å². The molecule has 1 atom stereocenters. The maximum atomic E-state index is 11.7. The number of methoxy groups -OCH3 is 1. The molecule has 1 rings (SSSR count). The van der Waals surface area contributed by atoms with Gasteiger partial charge in [-0.05, 0) is 12.3 Å². The molecule has 0 radical (unpaired) electrons. The van der Waals surface area contributed by atoms with E-state index in [9.17, 15) is 4.79 Å². The lowest BCUT2D eigenvalue weighted by molar-refractivity contribution is -0.146. The minimum Gasteiger partial charge on any atom is -0.468 e. The van der Waals surface area contributed by atoms with Crippen LogP contribution in [0.3, 0.4) is 0 Å². The van der Waals surface area contributed by atoms with E-state index in [0.717, 1.165) is 5.69 Å². The van der Waals surface area contributed by atoms with E-state index in [-0.39, 0.29) is 17.4 Å². The molecule has 5 nitrogen and oxygen atoms in total. The Balaban J connectivity index is 2.65. The lowest BCUT2D eigenvalue weighted by Crippen LogP contribution is -2.46. The van der Waals surface area contributed by atoms with Crippen LogP contribution in [0.25, 0.3) is 0 Å². The Labute approximate surface area is 102 Å². The van der Waals surface area contributed by atoms with Gasteiger partial charge in [0.1, 0.15) is 6.04 Å². The molecule has 0 aliphatic carbocycles. The average molecular weight is 240 g/mol. The summed E-state index contributed by atoms with van der Waals surface area (Å²) in [5, 5.41) is 6.92. The second-order valence-corrected chi connectivity index (χ2v) is 5.14. The number of aryl methyl sites for hydroxylation is 1. The summed E-state index contributed by atoms with van der Waals surface area (Å²) in [6.45, 7) is 8.25. The monoisotopic (exact) mass is 240 g/mol. The predicted molar refractivity (Wildman–Crippen MR) is 63.3 cm³/mol. The lowest BCUT2D eigenvalue weighted by atomic mass is 9.86. The first-order valence-corrected chi connectivity index (χ1v) is 5.58. The molecular formula is C12H20N2O3. The van der Waals surface area contributed by atoms with Crippen molar-refractivity contribution >= 4 is 5.97 Å². The van der Waals surface area contributed by atoms with Crippen molar-refractivity contribution in [3.8, 4) is 0 Å². The summed E-state index contributed by atoms with van der Waals surface area (Å²) < 4.78 is 9.86. The zero-order chi connectivity index (χ0) is 13.1. The molecule has 17 heavy (non-hydrogen) atoms. The van der Waals surface area contributed by atoms with Crippen molar-refractivity contribution in [1.82, 2.24) is 10.5 Å². The highest BCUT2D eigenvalue weighted by atomic mass is 16.5. The van der Waals surface area contributed by atoms with Gasteiger partial charge in [0.05, 0.1) is 19.3 Å². The van der Waals surface area contributed by atoms with Crippen molar-refractivity contribution in [3.05, 3.63) is 17.5 Å². The summed E-state index contributed by atoms with van der Waals surface area (Å²) in [5.41, 5.74) is 0.606. The van der Waals surface area contributed by atoms with Crippen molar-refractivity contribution in [1.29, 1.82) is 0 Å². The lowest BCUT2D eigenvalue weighted by Gasteiger charge is -2.28. The summed E-state index contributed by atoms with van der Waals surface area (Å²) in [6.07, 6.45) is 0. The third-order valence-electron chi connectivity index (χ3n) is 2.46. The maximum Gasteiger partial charge on any atom is 0.323 e. The predicted octanol–water partition coefficient (Wildman–Crippen LogP) is 1.66. The molecule has 1 heterocycles. The minimum atomic E-state index is -0.377. The fraction of sp³-hybridized carbons (Fsp3) is 0.667. The molecule has 0 aliphatic heterocycles. The number of nitrogens with zero attached hydrogens (tertiary/aromatic N) is 1. The van der Waals surface area contributed by atoms with E-state index in [1.165, 1.54) is 7.11 Å². The smallest absolute Gasteiger partial charge is 0.323 e. The molecule has 1 aromatic heterocycles. The van der Waals surface area contributed by atoms with Crippen molar-refractivity contribution in [3.63, 3.8) is 0 Å². The first-order chi connectivity index (χ1) is 7.84. The van der Waals surface area contributed by atoms with Gasteiger partial charge in [0.15, 0.2) is 5.76 Å². The van der Waals surface area contributed by atoms with E-state index < -0.39 is 0 Å². The molecule has 0 bridgehead atoms. The van der Waals surface area contributed by atoms with Crippen LogP contribution in [0, 0.1) is 12.3 Å². The normalized spacial score (nSPS) is 13.5. The molecular weight excluding hydrogens is 220 g/mol. The molecule has 1 aromatic rings. The fourth-order valence-corrected chi connectivity index (χ4v) is 1.56. The van der Waals surface area contributed by atoms with E-state index in [1.807, 2.05) is 33.8 Å². The number of aromatic nitrogens is 1. The van der Waals surface area contributed by atoms with Gasteiger partial charge in [-0.15, -0.1) is 0 Å². The van der Waals surface area contributed by atoms with E-state index in [1.54, 1.807) is 0 Å². The van der Waals surface area contributed by atoms with Crippen molar-refractivity contribution in [2.75, 3.05) is 7.11 Å². The Kier molecular flexibility index (Phi) is 4.28. The molecule has 0 unspecified atom stereocenters. The largest absolute Gasteiger partial charge is 0.468 e. The van der Waals surface area contributed by atoms with Crippen molar-refractivity contribution in [2.45, 2.75) is 40.3 Å². The van der Waals surface area contributed by atoms with Gasteiger partial charge >= 0.3 is 5.97 Å². The van der Waals surface area contributed by atoms with Gasteiger partial charge in [-0.25, -0.2) is 0 Å². The molecule has 0 saturated heterocycles. The summed E-state index contributed by atoms with van der Waals surface area (Å²) in [7, 11) is 1.39. The highest BCUT2D eigenvalue weighted by Crippen LogP contribution is 2.20. The van der Waals surface area contributed by atoms with Crippen LogP contribution in [0.5, 0.6) is 0 Å². The van der Waals surface area contributed by atoms with Gasteiger partial charge in [-0.1, -0.05) is 25.9 Å². The zero-order valence-electron chi connectivity index (χ0n) is 11.0. The molecule has 0 spiro atoms. The van der Waals surface area contributed by atoms with Gasteiger partial charge in [-0.2, -0.15) is 0 Å². The Bertz CT molecular complexity index is 379. The van der Waals surface area contributed by atoms with Crippen LogP contribution in [-0.4, -0.2) is 24.3 Å². The molecule has 0 saturated carbocycles. The number of esters is 1. The number of hydrogen-bond acceptors (Lipinski definition) is 5. The third kappa shape index (κ3) is 3.85. The van der Waals surface area contributed by atoms with E-state index >= 15 is 0 Å². The number of carbonyl (C=O) groups is 1. The standard InChI is InChI=1S/C12H20N2O3/c1-8-6-9(17-14-8)7-13-10(11(15)16-5)12(2,3)4/h6,10,13H,7H2,1-5H3/t10-/m0/s1. The molecule has 5 heteroatoms. The number of ether oxygens (including phenoxy) is 1. The van der Waals surface area contributed by atoms with Crippen LogP contribution in [-0.2, 0) is 16.1 Å². The summed E-state index contributed by atoms with van der Waals surface area (Å²) in [5.74, 6) is 0.439. The molecule has 96 valence electrons. The highest BCUT2D eigenvalue weighted by Gasteiger charge is 2.31. The highest BCUT2D eigenvalue weighted by molar-refractivity contribution is 5.76. The van der Waals surface area contributed by atoms with Gasteiger partial charge < -0.3 is 9.26 Å². The van der Waals surface area contributed by atoms with E-state index in [2.05, 4.69) is 10.5 Å². The summed E-state index contributed by atoms with van der Waals surface area (Å²) in [4.78, 5) is 11.7. The molecule has 0 fully saturated rings. The SMILES string of the molecule is COC(=O)[C@H](NCc1cc(C)no1)C(C)(C)C. The fourth-order valence-electron chi connectivity index (χ4n) is 1.56. The van der Waals surface area contributed by atoms with Gasteiger partial charge in [-0.3, -0.25) is 10.1 Å². The van der Waals surface area contributed by atoms with Crippen LogP contribution in [0.2, 0.25) is 0 Å².